The molecule has 0 bridgehead atoms. The third-order valence-corrected chi connectivity index (χ3v) is 5.99. The molecule has 2 aromatic rings. The quantitative estimate of drug-likeness (QED) is 0.523. The number of benzene rings is 1. The Balaban J connectivity index is 1.92. The molecule has 0 amide bonds. The van der Waals surface area contributed by atoms with Gasteiger partial charge in [0, 0.05) is 25.0 Å². The smallest absolute Gasteiger partial charge is 0.492 e. The number of ether oxygens (including phenoxy) is 2. The third kappa shape index (κ3) is 3.72. The molecule has 4 rings (SSSR count). The van der Waals surface area contributed by atoms with Crippen molar-refractivity contribution in [2.45, 2.75) is 25.1 Å². The van der Waals surface area contributed by atoms with Gasteiger partial charge >= 0.3 is 12.3 Å². The van der Waals surface area contributed by atoms with Crippen LogP contribution in [0.15, 0.2) is 17.1 Å². The molecule has 1 saturated carbocycles. The first-order chi connectivity index (χ1) is 15.1. The minimum atomic E-state index is -4.50. The summed E-state index contributed by atoms with van der Waals surface area (Å²) >= 11 is 0. The van der Waals surface area contributed by atoms with E-state index in [9.17, 15) is 22.8 Å². The van der Waals surface area contributed by atoms with Gasteiger partial charge in [0.05, 0.1) is 30.1 Å². The first-order valence-corrected chi connectivity index (χ1v) is 9.94. The van der Waals surface area contributed by atoms with Crippen molar-refractivity contribution >= 4 is 22.7 Å². The summed E-state index contributed by atoms with van der Waals surface area (Å²) in [5.74, 6) is -4.20. The van der Waals surface area contributed by atoms with Gasteiger partial charge in [-0.15, -0.1) is 0 Å². The average Bonchev–Trinajstić information content (AvgIpc) is 3.46. The van der Waals surface area contributed by atoms with E-state index < -0.39 is 47.7 Å². The molecule has 1 aromatic carbocycles. The molecule has 0 spiro atoms. The van der Waals surface area contributed by atoms with Gasteiger partial charge in [-0.05, 0) is 25.5 Å². The topological polar surface area (TPSA) is 107 Å². The highest BCUT2D eigenvalue weighted by Gasteiger charge is 2.50. The Morgan fingerprint density at radius 2 is 2.00 bits per heavy atom. The van der Waals surface area contributed by atoms with E-state index in [2.05, 4.69) is 4.74 Å². The summed E-state index contributed by atoms with van der Waals surface area (Å²) in [5.41, 5.74) is 4.67. The van der Waals surface area contributed by atoms with Crippen molar-refractivity contribution < 1.29 is 36.9 Å². The molecule has 2 atom stereocenters. The maximum absolute atomic E-state index is 15.3. The minimum Gasteiger partial charge on any atom is -0.492 e. The summed E-state index contributed by atoms with van der Waals surface area (Å²) in [6.07, 6.45) is -3.55. The lowest BCUT2D eigenvalue weighted by Crippen LogP contribution is -2.33. The predicted octanol–water partition coefficient (Wildman–Crippen LogP) is 3.11. The molecule has 1 aliphatic carbocycles. The molecule has 2 aliphatic rings. The second-order valence-electron chi connectivity index (χ2n) is 8.01. The van der Waals surface area contributed by atoms with Gasteiger partial charge in [-0.25, -0.2) is 9.18 Å². The van der Waals surface area contributed by atoms with Crippen LogP contribution in [0.1, 0.15) is 18.9 Å². The monoisotopic (exact) mass is 459 g/mol. The number of rotatable bonds is 5. The van der Waals surface area contributed by atoms with Crippen molar-refractivity contribution in [3.05, 3.63) is 28.3 Å². The van der Waals surface area contributed by atoms with Crippen LogP contribution in [0, 0.1) is 17.7 Å². The van der Waals surface area contributed by atoms with Gasteiger partial charge in [0.25, 0.3) is 0 Å². The van der Waals surface area contributed by atoms with Crippen molar-refractivity contribution in [1.29, 1.82) is 0 Å². The number of nitrogens with zero attached hydrogens (tertiary/aromatic N) is 2. The van der Waals surface area contributed by atoms with E-state index in [0.29, 0.717) is 0 Å². The highest BCUT2D eigenvalue weighted by Crippen LogP contribution is 2.47. The van der Waals surface area contributed by atoms with Crippen molar-refractivity contribution in [3.8, 4) is 11.5 Å². The number of alkyl halides is 3. The van der Waals surface area contributed by atoms with Crippen molar-refractivity contribution in [2.24, 2.45) is 17.6 Å². The summed E-state index contributed by atoms with van der Waals surface area (Å²) < 4.78 is 67.3. The number of hydrogen-bond donors (Lipinski definition) is 2. The van der Waals surface area contributed by atoms with E-state index in [1.165, 1.54) is 18.2 Å². The van der Waals surface area contributed by atoms with Crippen LogP contribution in [-0.2, 0) is 0 Å². The zero-order chi connectivity index (χ0) is 23.4. The molecule has 12 heteroatoms. The maximum atomic E-state index is 15.3. The Labute approximate surface area is 179 Å². The van der Waals surface area contributed by atoms with Crippen molar-refractivity contribution in [2.75, 3.05) is 31.6 Å². The molecule has 3 N–H and O–H groups in total. The highest BCUT2D eigenvalue weighted by molar-refractivity contribution is 5.92. The number of pyridine rings is 1. The molecule has 1 aromatic heterocycles. The van der Waals surface area contributed by atoms with E-state index in [1.54, 1.807) is 4.57 Å². The van der Waals surface area contributed by atoms with Crippen LogP contribution >= 0.6 is 0 Å². The number of nitrogens with two attached hydrogens (primary N) is 1. The summed E-state index contributed by atoms with van der Waals surface area (Å²) in [6.45, 7) is -0.855. The molecule has 174 valence electrons. The lowest BCUT2D eigenvalue weighted by Gasteiger charge is -2.25. The largest absolute Gasteiger partial charge is 0.511 e. The van der Waals surface area contributed by atoms with Gasteiger partial charge in [-0.1, -0.05) is 0 Å². The number of carbonyl (C=O) groups is 1. The minimum absolute atomic E-state index is 0.0931. The molecule has 0 radical (unpaired) electrons. The summed E-state index contributed by atoms with van der Waals surface area (Å²) in [7, 11) is 1.23. The predicted molar refractivity (Wildman–Crippen MR) is 106 cm³/mol. The molecule has 2 fully saturated rings. The molecule has 1 aliphatic heterocycles. The van der Waals surface area contributed by atoms with Crippen LogP contribution < -0.4 is 25.5 Å². The van der Waals surface area contributed by atoms with Gasteiger partial charge < -0.3 is 29.8 Å². The Morgan fingerprint density at radius 3 is 2.50 bits per heavy atom. The van der Waals surface area contributed by atoms with E-state index >= 15 is 4.39 Å². The van der Waals surface area contributed by atoms with E-state index in [0.717, 1.165) is 18.9 Å². The van der Waals surface area contributed by atoms with Crippen LogP contribution in [0.25, 0.3) is 10.9 Å². The lowest BCUT2D eigenvalue weighted by molar-refractivity contribution is -0.178. The Bertz CT molecular complexity index is 1130. The second-order valence-corrected chi connectivity index (χ2v) is 8.01. The van der Waals surface area contributed by atoms with Gasteiger partial charge in [0.2, 0.25) is 5.43 Å². The lowest BCUT2D eigenvalue weighted by atomic mass is 9.96. The molecule has 2 heterocycles. The molecule has 8 nitrogen and oxygen atoms in total. The number of aromatic nitrogens is 1. The van der Waals surface area contributed by atoms with Gasteiger partial charge in [0.1, 0.15) is 5.69 Å². The maximum Gasteiger partial charge on any atom is 0.511 e. The average molecular weight is 459 g/mol. The fourth-order valence-electron chi connectivity index (χ4n) is 4.38. The Kier molecular flexibility index (Phi) is 5.43. The Hall–Kier alpha value is -3.02. The van der Waals surface area contributed by atoms with Crippen LogP contribution in [0.2, 0.25) is 0 Å². The van der Waals surface area contributed by atoms with Crippen LogP contribution in [0.5, 0.6) is 11.5 Å². The van der Waals surface area contributed by atoms with Crippen LogP contribution in [-0.4, -0.2) is 48.7 Å². The van der Waals surface area contributed by atoms with Gasteiger partial charge in [-0.3, -0.25) is 4.79 Å². The van der Waals surface area contributed by atoms with Crippen LogP contribution in [0.4, 0.5) is 28.0 Å². The number of hydrogen-bond acceptors (Lipinski definition) is 6. The molecule has 0 unspecified atom stereocenters. The fraction of sp³-hybridized carbons (Fsp3) is 0.500. The number of anilines is 1. The molecule has 1 saturated heterocycles. The Morgan fingerprint density at radius 1 is 1.31 bits per heavy atom. The van der Waals surface area contributed by atoms with Crippen molar-refractivity contribution in [3.63, 3.8) is 0 Å². The number of carboxylic acid groups (broad SMARTS) is 1. The fourth-order valence-corrected chi connectivity index (χ4v) is 4.38. The number of methoxy groups -OCH3 is 1. The van der Waals surface area contributed by atoms with Crippen molar-refractivity contribution in [1.82, 2.24) is 4.57 Å². The zero-order valence-corrected chi connectivity index (χ0v) is 17.0. The van der Waals surface area contributed by atoms with Gasteiger partial charge in [0.15, 0.2) is 17.3 Å². The molecular weight excluding hydrogens is 438 g/mol. The summed E-state index contributed by atoms with van der Waals surface area (Å²) in [5, 5.41) is 8.73. The molecular formula is C20H21F4N3O5. The first-order valence-electron chi connectivity index (χ1n) is 9.94. The number of halogens is 4. The van der Waals surface area contributed by atoms with Gasteiger partial charge in [-0.2, -0.15) is 13.2 Å². The first kappa shape index (κ1) is 22.2. The van der Waals surface area contributed by atoms with Crippen LogP contribution in [0.3, 0.4) is 0 Å². The van der Waals surface area contributed by atoms with E-state index in [-0.39, 0.29) is 41.5 Å². The standard InChI is InChI=1S/C20H21F4N3O5/c1-31-18-15-11(17(28)14(32-19(29)30)8-27(15)10-2-3-10)4-13(21)16(18)26-6-9(5-25)12(7-26)20(22,23)24/h4,8-10,12H,2-3,5-7,25H2,1H3,(H,29,30)/t9-,12-/m0/s1. The summed E-state index contributed by atoms with van der Waals surface area (Å²) in [6, 6.07) is 0.779. The van der Waals surface area contributed by atoms with E-state index in [4.69, 9.17) is 15.6 Å². The third-order valence-electron chi connectivity index (χ3n) is 5.99. The summed E-state index contributed by atoms with van der Waals surface area (Å²) in [4.78, 5) is 25.0. The van der Waals surface area contributed by atoms with E-state index in [1.807, 2.05) is 0 Å². The SMILES string of the molecule is COc1c(N2C[C@H](CN)[C@@H](C(F)(F)F)C2)c(F)cc2c(=O)c(OC(=O)O)cn(C3CC3)c12. The normalized spacial score (nSPS) is 21.2. The zero-order valence-electron chi connectivity index (χ0n) is 17.0. The molecule has 32 heavy (non-hydrogen) atoms. The second kappa shape index (κ2) is 7.84. The number of fused-ring (bicyclic) bond motifs is 1. The highest BCUT2D eigenvalue weighted by atomic mass is 19.4.